The molecule has 0 radical (unpaired) electrons. The fourth-order valence-electron chi connectivity index (χ4n) is 2.57. The highest BCUT2D eigenvalue weighted by Crippen LogP contribution is 2.34. The van der Waals surface area contributed by atoms with Crippen LogP contribution in [0.25, 0.3) is 0 Å². The Morgan fingerprint density at radius 3 is 2.41 bits per heavy atom. The first-order chi connectivity index (χ1) is 15.0. The predicted octanol–water partition coefficient (Wildman–Crippen LogP) is 4.15. The fourth-order valence-corrected chi connectivity index (χ4v) is 2.57. The summed E-state index contributed by atoms with van der Waals surface area (Å²) in [6.45, 7) is -0.430. The van der Waals surface area contributed by atoms with Gasteiger partial charge in [0.15, 0.2) is 0 Å². The Morgan fingerprint density at radius 2 is 1.78 bits per heavy atom. The smallest absolute Gasteiger partial charge is 0.416 e. The molecule has 1 N–H and O–H groups in total. The molecule has 0 unspecified atom stereocenters. The van der Waals surface area contributed by atoms with E-state index in [1.807, 2.05) is 0 Å². The van der Waals surface area contributed by atoms with Gasteiger partial charge in [-0.1, -0.05) is 6.07 Å². The number of nitrogens with zero attached hydrogens (tertiary/aromatic N) is 4. The molecule has 0 bridgehead atoms. The Morgan fingerprint density at radius 1 is 1.06 bits per heavy atom. The van der Waals surface area contributed by atoms with E-state index in [2.05, 4.69) is 10.4 Å². The summed E-state index contributed by atoms with van der Waals surface area (Å²) >= 11 is 0. The van der Waals surface area contributed by atoms with E-state index < -0.39 is 39.7 Å². The fraction of sp³-hybridized carbons (Fsp3) is 0.111. The van der Waals surface area contributed by atoms with Gasteiger partial charge in [0.05, 0.1) is 27.2 Å². The van der Waals surface area contributed by atoms with Gasteiger partial charge in [0.1, 0.15) is 30.4 Å². The highest BCUT2D eigenvalue weighted by atomic mass is 19.4. The van der Waals surface area contributed by atoms with Crippen molar-refractivity contribution in [3.05, 3.63) is 80.7 Å². The van der Waals surface area contributed by atoms with Gasteiger partial charge in [-0.15, -0.1) is 0 Å². The minimum atomic E-state index is -4.61. The zero-order valence-electron chi connectivity index (χ0n) is 15.8. The lowest BCUT2D eigenvalue weighted by atomic mass is 10.2. The molecule has 0 aliphatic carbocycles. The number of hydrogen-bond acceptors (Lipinski definition) is 7. The molecule has 14 heteroatoms. The zero-order valence-corrected chi connectivity index (χ0v) is 15.8. The maximum absolute atomic E-state index is 12.9. The number of amides is 1. The Bertz CT molecular complexity index is 1190. The highest BCUT2D eigenvalue weighted by molar-refractivity contribution is 5.91. The summed E-state index contributed by atoms with van der Waals surface area (Å²) in [5, 5.41) is 27.9. The number of anilines is 1. The molecule has 3 rings (SSSR count). The predicted molar refractivity (Wildman–Crippen MR) is 102 cm³/mol. The first-order valence-electron chi connectivity index (χ1n) is 8.62. The summed E-state index contributed by atoms with van der Waals surface area (Å²) in [5.74, 6) is -1.13. The molecule has 0 atom stereocenters. The maximum Gasteiger partial charge on any atom is 0.416 e. The SMILES string of the molecule is O=C(Cn1cc([N+](=O)[O-])cn1)Nc1cc(Oc2cccc(C(F)(F)F)c2)cc([N+](=O)[O-])c1. The number of benzene rings is 2. The normalized spacial score (nSPS) is 11.1. The summed E-state index contributed by atoms with van der Waals surface area (Å²) in [7, 11) is 0. The van der Waals surface area contributed by atoms with Crippen molar-refractivity contribution in [2.24, 2.45) is 0 Å². The van der Waals surface area contributed by atoms with Crippen molar-refractivity contribution in [1.29, 1.82) is 0 Å². The summed E-state index contributed by atoms with van der Waals surface area (Å²) < 4.78 is 44.9. The number of nitro benzene ring substituents is 1. The number of rotatable bonds is 7. The summed E-state index contributed by atoms with van der Waals surface area (Å²) in [6.07, 6.45) is -2.64. The van der Waals surface area contributed by atoms with Crippen LogP contribution >= 0.6 is 0 Å². The van der Waals surface area contributed by atoms with Crippen LogP contribution < -0.4 is 10.1 Å². The van der Waals surface area contributed by atoms with Crippen molar-refractivity contribution < 1.29 is 32.5 Å². The van der Waals surface area contributed by atoms with Gasteiger partial charge >= 0.3 is 11.9 Å². The van der Waals surface area contributed by atoms with Gasteiger partial charge in [0.25, 0.3) is 5.69 Å². The number of non-ortho nitro benzene ring substituents is 1. The average Bonchev–Trinajstić information content (AvgIpc) is 3.16. The first kappa shape index (κ1) is 22.2. The van der Waals surface area contributed by atoms with Crippen LogP contribution in [0.1, 0.15) is 5.56 Å². The van der Waals surface area contributed by atoms with E-state index in [-0.39, 0.29) is 22.9 Å². The number of carbonyl (C=O) groups excluding carboxylic acids is 1. The molecule has 1 aromatic heterocycles. The number of ether oxygens (including phenoxy) is 1. The second-order valence-electron chi connectivity index (χ2n) is 6.30. The number of carbonyl (C=O) groups is 1. The number of alkyl halides is 3. The van der Waals surface area contributed by atoms with E-state index >= 15 is 0 Å². The van der Waals surface area contributed by atoms with Gasteiger partial charge in [0.2, 0.25) is 5.91 Å². The first-order valence-corrected chi connectivity index (χ1v) is 8.62. The van der Waals surface area contributed by atoms with Gasteiger partial charge in [-0.05, 0) is 18.2 Å². The Kier molecular flexibility index (Phi) is 6.04. The van der Waals surface area contributed by atoms with Gasteiger partial charge in [-0.3, -0.25) is 29.7 Å². The van der Waals surface area contributed by atoms with E-state index in [1.54, 1.807) is 0 Å². The number of nitro groups is 2. The van der Waals surface area contributed by atoms with Crippen LogP contribution in [0.4, 0.5) is 30.2 Å². The monoisotopic (exact) mass is 451 g/mol. The molecule has 1 heterocycles. The third-order valence-electron chi connectivity index (χ3n) is 3.92. The minimum Gasteiger partial charge on any atom is -0.457 e. The van der Waals surface area contributed by atoms with E-state index in [0.717, 1.165) is 47.4 Å². The molecule has 3 aromatic rings. The van der Waals surface area contributed by atoms with E-state index in [9.17, 15) is 38.2 Å². The van der Waals surface area contributed by atoms with Crippen molar-refractivity contribution in [2.45, 2.75) is 12.7 Å². The molecule has 166 valence electrons. The number of hydrogen-bond donors (Lipinski definition) is 1. The third-order valence-corrected chi connectivity index (χ3v) is 3.92. The zero-order chi connectivity index (χ0) is 23.5. The van der Waals surface area contributed by atoms with Crippen molar-refractivity contribution in [1.82, 2.24) is 9.78 Å². The quantitative estimate of drug-likeness (QED) is 0.420. The van der Waals surface area contributed by atoms with Crippen LogP contribution in [-0.2, 0) is 17.5 Å². The Hall–Kier alpha value is -4.49. The number of nitrogens with one attached hydrogen (secondary N) is 1. The van der Waals surface area contributed by atoms with Crippen LogP contribution in [0.5, 0.6) is 11.5 Å². The van der Waals surface area contributed by atoms with Gasteiger partial charge in [-0.2, -0.15) is 18.3 Å². The lowest BCUT2D eigenvalue weighted by Gasteiger charge is -2.11. The molecule has 32 heavy (non-hydrogen) atoms. The topological polar surface area (TPSA) is 142 Å². The second kappa shape index (κ2) is 8.71. The lowest BCUT2D eigenvalue weighted by Crippen LogP contribution is -2.19. The van der Waals surface area contributed by atoms with Crippen LogP contribution in [0, 0.1) is 20.2 Å². The molecular weight excluding hydrogens is 439 g/mol. The third kappa shape index (κ3) is 5.56. The molecule has 0 saturated carbocycles. The molecule has 0 fully saturated rings. The van der Waals surface area contributed by atoms with Crippen molar-refractivity contribution >= 4 is 23.0 Å². The van der Waals surface area contributed by atoms with Crippen molar-refractivity contribution in [3.8, 4) is 11.5 Å². The number of aromatic nitrogens is 2. The molecule has 0 aliphatic heterocycles. The van der Waals surface area contributed by atoms with Crippen LogP contribution in [0.2, 0.25) is 0 Å². The molecule has 2 aromatic carbocycles. The lowest BCUT2D eigenvalue weighted by molar-refractivity contribution is -0.385. The van der Waals surface area contributed by atoms with Crippen LogP contribution in [0.15, 0.2) is 54.9 Å². The van der Waals surface area contributed by atoms with E-state index in [0.29, 0.717) is 0 Å². The standard InChI is InChI=1S/C18H12F3N5O6/c19-18(20,21)11-2-1-3-15(4-11)32-16-6-12(5-13(7-16)25(28)29)23-17(27)10-24-9-14(8-22-24)26(30)31/h1-9H,10H2,(H,23,27). The van der Waals surface area contributed by atoms with E-state index in [1.165, 1.54) is 12.1 Å². The molecule has 0 spiro atoms. The largest absolute Gasteiger partial charge is 0.457 e. The van der Waals surface area contributed by atoms with Gasteiger partial charge in [-0.25, -0.2) is 0 Å². The average molecular weight is 451 g/mol. The van der Waals surface area contributed by atoms with Gasteiger partial charge in [0, 0.05) is 12.1 Å². The van der Waals surface area contributed by atoms with Crippen LogP contribution in [0.3, 0.4) is 0 Å². The molecule has 0 aliphatic rings. The molecule has 0 saturated heterocycles. The maximum atomic E-state index is 12.9. The van der Waals surface area contributed by atoms with Gasteiger partial charge < -0.3 is 10.1 Å². The number of halogens is 3. The summed E-state index contributed by atoms with van der Waals surface area (Å²) in [6, 6.07) is 7.08. The molecule has 1 amide bonds. The summed E-state index contributed by atoms with van der Waals surface area (Å²) in [5.41, 5.74) is -1.86. The summed E-state index contributed by atoms with van der Waals surface area (Å²) in [4.78, 5) is 32.6. The second-order valence-corrected chi connectivity index (χ2v) is 6.30. The van der Waals surface area contributed by atoms with Crippen molar-refractivity contribution in [2.75, 3.05) is 5.32 Å². The minimum absolute atomic E-state index is 0.0761. The van der Waals surface area contributed by atoms with E-state index in [4.69, 9.17) is 4.74 Å². The van der Waals surface area contributed by atoms with Crippen molar-refractivity contribution in [3.63, 3.8) is 0 Å². The Balaban J connectivity index is 1.80. The van der Waals surface area contributed by atoms with Crippen LogP contribution in [-0.4, -0.2) is 25.5 Å². The molecular formula is C18H12F3N5O6. The highest BCUT2D eigenvalue weighted by Gasteiger charge is 2.30. The molecule has 11 nitrogen and oxygen atoms in total. The Labute approximate surface area is 176 Å².